The normalized spacial score (nSPS) is 13.1. The van der Waals surface area contributed by atoms with Crippen LogP contribution >= 0.6 is 0 Å². The third kappa shape index (κ3) is 4.16. The number of nitrogens with one attached hydrogen (secondary N) is 1. The molecule has 0 heterocycles. The first-order valence-electron chi connectivity index (χ1n) is 5.15. The van der Waals surface area contributed by atoms with Crippen molar-refractivity contribution in [2.75, 3.05) is 11.6 Å². The zero-order valence-corrected chi connectivity index (χ0v) is 10.6. The lowest BCUT2D eigenvalue weighted by atomic mass is 10.2. The number of rotatable bonds is 4. The Kier molecular flexibility index (Phi) is 4.25. The van der Waals surface area contributed by atoms with E-state index in [2.05, 4.69) is 5.32 Å². The Hall–Kier alpha value is -1.40. The van der Waals surface area contributed by atoms with Gasteiger partial charge in [0.25, 0.3) is 0 Å². The summed E-state index contributed by atoms with van der Waals surface area (Å²) in [4.78, 5) is 11.6. The summed E-state index contributed by atoms with van der Waals surface area (Å²) >= 11 is 0. The summed E-state index contributed by atoms with van der Waals surface area (Å²) in [5, 5.41) is 2.55. The molecule has 17 heavy (non-hydrogen) atoms. The molecule has 1 atom stereocenters. The van der Waals surface area contributed by atoms with E-state index in [-0.39, 0.29) is 23.3 Å². The molecule has 1 amide bonds. The molecular formula is C11H16N2O3S. The summed E-state index contributed by atoms with van der Waals surface area (Å²) in [6.07, 6.45) is 1.25. The number of nitrogens with two attached hydrogens (primary N) is 1. The van der Waals surface area contributed by atoms with E-state index in [0.717, 1.165) is 6.26 Å². The van der Waals surface area contributed by atoms with Gasteiger partial charge in [-0.2, -0.15) is 0 Å². The van der Waals surface area contributed by atoms with Gasteiger partial charge in [-0.1, -0.05) is 12.1 Å². The van der Waals surface area contributed by atoms with E-state index in [1.54, 1.807) is 25.1 Å². The minimum Gasteiger partial charge on any atom is -0.327 e. The third-order valence-electron chi connectivity index (χ3n) is 2.07. The minimum absolute atomic E-state index is 0.109. The molecule has 0 aliphatic carbocycles. The van der Waals surface area contributed by atoms with Crippen LogP contribution in [0.25, 0.3) is 0 Å². The molecule has 0 bridgehead atoms. The molecule has 0 aliphatic heterocycles. The van der Waals surface area contributed by atoms with Crippen LogP contribution in [0.4, 0.5) is 5.69 Å². The molecule has 1 unspecified atom stereocenters. The Balaban J connectivity index is 2.96. The molecule has 5 nitrogen and oxygen atoms in total. The Labute approximate surface area is 101 Å². The molecule has 0 saturated heterocycles. The number of hydrogen-bond donors (Lipinski definition) is 2. The summed E-state index contributed by atoms with van der Waals surface area (Å²) in [7, 11) is -3.35. The highest BCUT2D eigenvalue weighted by Gasteiger charge is 2.14. The molecule has 1 rings (SSSR count). The van der Waals surface area contributed by atoms with E-state index in [9.17, 15) is 13.2 Å². The number of carbonyl (C=O) groups excluding carboxylic acids is 1. The molecule has 0 aliphatic rings. The maximum Gasteiger partial charge on any atom is 0.225 e. The SMILES string of the molecule is CC(N)CC(=O)Nc1ccccc1S(C)(=O)=O. The van der Waals surface area contributed by atoms with Crippen molar-refractivity contribution in [3.05, 3.63) is 24.3 Å². The summed E-state index contributed by atoms with van der Waals surface area (Å²) in [6.45, 7) is 1.71. The number of sulfone groups is 1. The van der Waals surface area contributed by atoms with Gasteiger partial charge in [0.1, 0.15) is 0 Å². The molecule has 0 spiro atoms. The highest BCUT2D eigenvalue weighted by Crippen LogP contribution is 2.20. The number of carbonyl (C=O) groups is 1. The predicted molar refractivity (Wildman–Crippen MR) is 66.4 cm³/mol. The first kappa shape index (κ1) is 13.7. The quantitative estimate of drug-likeness (QED) is 0.832. The van der Waals surface area contributed by atoms with E-state index >= 15 is 0 Å². The van der Waals surface area contributed by atoms with Crippen LogP contribution in [0, 0.1) is 0 Å². The summed E-state index contributed by atoms with van der Waals surface area (Å²) in [5.74, 6) is -0.295. The summed E-state index contributed by atoms with van der Waals surface area (Å²) < 4.78 is 23.0. The van der Waals surface area contributed by atoms with Crippen LogP contribution < -0.4 is 11.1 Å². The second-order valence-corrected chi connectivity index (χ2v) is 5.98. The fourth-order valence-corrected chi connectivity index (χ4v) is 2.23. The zero-order valence-electron chi connectivity index (χ0n) is 9.80. The van der Waals surface area contributed by atoms with Crippen LogP contribution in [0.1, 0.15) is 13.3 Å². The second kappa shape index (κ2) is 5.29. The minimum atomic E-state index is -3.35. The van der Waals surface area contributed by atoms with Crippen LogP contribution in [0.15, 0.2) is 29.2 Å². The van der Waals surface area contributed by atoms with Crippen molar-refractivity contribution in [2.24, 2.45) is 5.73 Å². The lowest BCUT2D eigenvalue weighted by Crippen LogP contribution is -2.24. The molecule has 0 radical (unpaired) electrons. The maximum absolute atomic E-state index is 11.5. The van der Waals surface area contributed by atoms with Crippen LogP contribution in [0.5, 0.6) is 0 Å². The van der Waals surface area contributed by atoms with Gasteiger partial charge in [0.15, 0.2) is 9.84 Å². The molecular weight excluding hydrogens is 240 g/mol. The Bertz CT molecular complexity index is 509. The Morgan fingerprint density at radius 3 is 2.53 bits per heavy atom. The lowest BCUT2D eigenvalue weighted by molar-refractivity contribution is -0.116. The van der Waals surface area contributed by atoms with Gasteiger partial charge in [-0.15, -0.1) is 0 Å². The van der Waals surface area contributed by atoms with Crippen molar-refractivity contribution in [2.45, 2.75) is 24.3 Å². The smallest absolute Gasteiger partial charge is 0.225 e. The molecule has 0 aromatic heterocycles. The largest absolute Gasteiger partial charge is 0.327 e. The summed E-state index contributed by atoms with van der Waals surface area (Å²) in [5.41, 5.74) is 5.78. The fourth-order valence-electron chi connectivity index (χ4n) is 1.39. The van der Waals surface area contributed by atoms with E-state index < -0.39 is 9.84 Å². The van der Waals surface area contributed by atoms with Gasteiger partial charge in [-0.3, -0.25) is 4.79 Å². The fraction of sp³-hybridized carbons (Fsp3) is 0.364. The van der Waals surface area contributed by atoms with Gasteiger partial charge in [-0.05, 0) is 19.1 Å². The molecule has 6 heteroatoms. The van der Waals surface area contributed by atoms with Gasteiger partial charge in [0, 0.05) is 18.7 Å². The van der Waals surface area contributed by atoms with Crippen molar-refractivity contribution in [3.63, 3.8) is 0 Å². The third-order valence-corrected chi connectivity index (χ3v) is 3.22. The average molecular weight is 256 g/mol. The van der Waals surface area contributed by atoms with Crippen LogP contribution in [0.3, 0.4) is 0 Å². The Morgan fingerprint density at radius 2 is 2.00 bits per heavy atom. The van der Waals surface area contributed by atoms with E-state index in [1.165, 1.54) is 6.07 Å². The van der Waals surface area contributed by atoms with Gasteiger partial charge in [0.2, 0.25) is 5.91 Å². The molecule has 1 aromatic carbocycles. The number of amides is 1. The predicted octanol–water partition coefficient (Wildman–Crippen LogP) is 0.766. The summed E-state index contributed by atoms with van der Waals surface area (Å²) in [6, 6.07) is 6.01. The van der Waals surface area contributed by atoms with Crippen LogP contribution in [0.2, 0.25) is 0 Å². The lowest BCUT2D eigenvalue weighted by Gasteiger charge is -2.10. The molecule has 0 fully saturated rings. The molecule has 0 saturated carbocycles. The highest BCUT2D eigenvalue weighted by atomic mass is 32.2. The van der Waals surface area contributed by atoms with Crippen molar-refractivity contribution >= 4 is 21.4 Å². The topological polar surface area (TPSA) is 89.3 Å². The number of hydrogen-bond acceptors (Lipinski definition) is 4. The second-order valence-electron chi connectivity index (χ2n) is 4.00. The maximum atomic E-state index is 11.5. The van der Waals surface area contributed by atoms with Crippen molar-refractivity contribution in [3.8, 4) is 0 Å². The van der Waals surface area contributed by atoms with Crippen LogP contribution in [-0.4, -0.2) is 26.6 Å². The van der Waals surface area contributed by atoms with Crippen molar-refractivity contribution < 1.29 is 13.2 Å². The van der Waals surface area contributed by atoms with Gasteiger partial charge < -0.3 is 11.1 Å². The van der Waals surface area contributed by atoms with Crippen molar-refractivity contribution in [1.82, 2.24) is 0 Å². The zero-order chi connectivity index (χ0) is 13.1. The average Bonchev–Trinajstić information content (AvgIpc) is 2.15. The van der Waals surface area contributed by atoms with E-state index in [0.29, 0.717) is 5.69 Å². The molecule has 94 valence electrons. The van der Waals surface area contributed by atoms with E-state index in [1.807, 2.05) is 0 Å². The number of benzene rings is 1. The van der Waals surface area contributed by atoms with Gasteiger partial charge in [0.05, 0.1) is 10.6 Å². The molecule has 1 aromatic rings. The monoisotopic (exact) mass is 256 g/mol. The number of anilines is 1. The van der Waals surface area contributed by atoms with Gasteiger partial charge >= 0.3 is 0 Å². The standard InChI is InChI=1S/C11H16N2O3S/c1-8(12)7-11(14)13-9-5-3-4-6-10(9)17(2,15)16/h3-6,8H,7,12H2,1-2H3,(H,13,14). The Morgan fingerprint density at radius 1 is 1.41 bits per heavy atom. The van der Waals surface area contributed by atoms with Crippen molar-refractivity contribution in [1.29, 1.82) is 0 Å². The van der Waals surface area contributed by atoms with Crippen LogP contribution in [-0.2, 0) is 14.6 Å². The van der Waals surface area contributed by atoms with Gasteiger partial charge in [-0.25, -0.2) is 8.42 Å². The number of para-hydroxylation sites is 1. The first-order chi connectivity index (χ1) is 7.80. The molecule has 3 N–H and O–H groups in total. The highest BCUT2D eigenvalue weighted by molar-refractivity contribution is 7.90. The first-order valence-corrected chi connectivity index (χ1v) is 7.04. The van der Waals surface area contributed by atoms with E-state index in [4.69, 9.17) is 5.73 Å².